The van der Waals surface area contributed by atoms with Crippen LogP contribution in [0.1, 0.15) is 17.4 Å². The van der Waals surface area contributed by atoms with Crippen LogP contribution in [0, 0.1) is 5.82 Å². The monoisotopic (exact) mass is 211 g/mol. The fraction of sp³-hybridized carbons (Fsp3) is 0.100. The van der Waals surface area contributed by atoms with E-state index in [0.29, 0.717) is 16.6 Å². The molecule has 0 aliphatic heterocycles. The van der Waals surface area contributed by atoms with Crippen LogP contribution in [0.25, 0.3) is 10.9 Å². The lowest BCUT2D eigenvalue weighted by atomic mass is 10.2. The molecule has 0 radical (unpaired) electrons. The number of rotatable bonds is 1. The third kappa shape index (κ3) is 1.30. The summed E-state index contributed by atoms with van der Waals surface area (Å²) in [4.78, 5) is 13.9. The van der Waals surface area contributed by atoms with E-state index in [2.05, 4.69) is 4.98 Å². The second-order valence-corrected chi connectivity index (χ2v) is 3.44. The van der Waals surface area contributed by atoms with Gasteiger partial charge < -0.3 is 4.98 Å². The minimum atomic E-state index is -0.478. The highest BCUT2D eigenvalue weighted by molar-refractivity contribution is 6.35. The average Bonchev–Trinajstić information content (AvgIpc) is 2.56. The van der Waals surface area contributed by atoms with Gasteiger partial charge in [-0.15, -0.1) is 0 Å². The van der Waals surface area contributed by atoms with Crippen LogP contribution in [0.2, 0.25) is 5.02 Å². The Bertz CT molecular complexity index is 518. The number of hydrogen-bond donors (Lipinski definition) is 1. The molecular formula is C10H7ClFNO. The minimum absolute atomic E-state index is 0.0475. The van der Waals surface area contributed by atoms with Crippen LogP contribution in [-0.4, -0.2) is 10.8 Å². The maximum absolute atomic E-state index is 13.0. The van der Waals surface area contributed by atoms with Crippen molar-refractivity contribution in [3.05, 3.63) is 34.7 Å². The van der Waals surface area contributed by atoms with Gasteiger partial charge in [-0.05, 0) is 18.2 Å². The van der Waals surface area contributed by atoms with Crippen LogP contribution in [0.5, 0.6) is 0 Å². The molecule has 0 unspecified atom stereocenters. The van der Waals surface area contributed by atoms with Crippen molar-refractivity contribution in [3.63, 3.8) is 0 Å². The van der Waals surface area contributed by atoms with Crippen LogP contribution in [0.3, 0.4) is 0 Å². The molecule has 0 aliphatic carbocycles. The fourth-order valence-electron chi connectivity index (χ4n) is 1.33. The first-order valence-electron chi connectivity index (χ1n) is 4.07. The number of carbonyl (C=O) groups is 1. The lowest BCUT2D eigenvalue weighted by Crippen LogP contribution is -1.89. The summed E-state index contributed by atoms with van der Waals surface area (Å²) in [6, 6.07) is 4.39. The number of benzene rings is 1. The van der Waals surface area contributed by atoms with E-state index in [4.69, 9.17) is 11.6 Å². The Kier molecular flexibility index (Phi) is 2.04. The molecule has 72 valence electrons. The third-order valence-electron chi connectivity index (χ3n) is 2.07. The molecule has 4 heteroatoms. The topological polar surface area (TPSA) is 32.9 Å². The Hall–Kier alpha value is -1.35. The molecule has 0 saturated heterocycles. The number of aromatic amines is 1. The van der Waals surface area contributed by atoms with Crippen molar-refractivity contribution in [3.8, 4) is 0 Å². The van der Waals surface area contributed by atoms with Gasteiger partial charge in [-0.25, -0.2) is 4.39 Å². The van der Waals surface area contributed by atoms with E-state index in [1.165, 1.54) is 13.0 Å². The van der Waals surface area contributed by atoms with Crippen LogP contribution >= 0.6 is 11.6 Å². The number of carbonyl (C=O) groups excluding carboxylic acids is 1. The van der Waals surface area contributed by atoms with Gasteiger partial charge in [-0.3, -0.25) is 4.79 Å². The molecule has 14 heavy (non-hydrogen) atoms. The van der Waals surface area contributed by atoms with E-state index in [1.807, 2.05) is 0 Å². The Morgan fingerprint density at radius 1 is 1.50 bits per heavy atom. The SMILES string of the molecule is CC(=O)c1cc2c(Cl)c(F)ccc2[nH]1. The van der Waals surface area contributed by atoms with Crippen LogP contribution in [0.15, 0.2) is 18.2 Å². The highest BCUT2D eigenvalue weighted by Crippen LogP contribution is 2.26. The zero-order valence-corrected chi connectivity index (χ0v) is 8.15. The summed E-state index contributed by atoms with van der Waals surface area (Å²) in [6.07, 6.45) is 0. The van der Waals surface area contributed by atoms with Gasteiger partial charge in [0.05, 0.1) is 10.7 Å². The Balaban J connectivity index is 2.77. The molecule has 1 N–H and O–H groups in total. The molecule has 0 spiro atoms. The average molecular weight is 212 g/mol. The summed E-state index contributed by atoms with van der Waals surface area (Å²) in [5, 5.41) is 0.586. The van der Waals surface area contributed by atoms with Crippen molar-refractivity contribution >= 4 is 28.3 Å². The van der Waals surface area contributed by atoms with E-state index in [0.717, 1.165) is 0 Å². The Morgan fingerprint density at radius 3 is 2.86 bits per heavy atom. The van der Waals surface area contributed by atoms with Gasteiger partial charge in [0.15, 0.2) is 5.78 Å². The molecule has 0 bridgehead atoms. The highest BCUT2D eigenvalue weighted by atomic mass is 35.5. The molecular weight excluding hydrogens is 205 g/mol. The normalized spacial score (nSPS) is 10.8. The first kappa shape index (κ1) is 9.21. The second kappa shape index (κ2) is 3.10. The van der Waals surface area contributed by atoms with Gasteiger partial charge in [0.1, 0.15) is 5.82 Å². The van der Waals surface area contributed by atoms with Gasteiger partial charge in [-0.1, -0.05) is 11.6 Å². The van der Waals surface area contributed by atoms with Crippen molar-refractivity contribution < 1.29 is 9.18 Å². The Morgan fingerprint density at radius 2 is 2.21 bits per heavy atom. The largest absolute Gasteiger partial charge is 0.352 e. The summed E-state index contributed by atoms with van der Waals surface area (Å²) in [5.74, 6) is -0.578. The standard InChI is InChI=1S/C10H7ClFNO/c1-5(14)9-4-6-8(13-9)3-2-7(12)10(6)11/h2-4,13H,1H3. The number of fused-ring (bicyclic) bond motifs is 1. The maximum atomic E-state index is 13.0. The summed E-state index contributed by atoms with van der Waals surface area (Å²) in [6.45, 7) is 1.44. The number of hydrogen-bond acceptors (Lipinski definition) is 1. The molecule has 2 rings (SSSR count). The van der Waals surface area contributed by atoms with E-state index in [9.17, 15) is 9.18 Å². The van der Waals surface area contributed by atoms with Crippen molar-refractivity contribution in [2.24, 2.45) is 0 Å². The van der Waals surface area contributed by atoms with E-state index in [-0.39, 0.29) is 10.8 Å². The first-order valence-corrected chi connectivity index (χ1v) is 4.45. The number of H-pyrrole nitrogens is 1. The predicted octanol–water partition coefficient (Wildman–Crippen LogP) is 3.16. The molecule has 0 amide bonds. The molecule has 0 aliphatic rings. The molecule has 1 aromatic carbocycles. The number of halogens is 2. The Labute approximate surface area is 84.7 Å². The smallest absolute Gasteiger partial charge is 0.175 e. The highest BCUT2D eigenvalue weighted by Gasteiger charge is 2.10. The van der Waals surface area contributed by atoms with Gasteiger partial charge in [0.2, 0.25) is 0 Å². The van der Waals surface area contributed by atoms with Crippen LogP contribution < -0.4 is 0 Å². The van der Waals surface area contributed by atoms with E-state index in [1.54, 1.807) is 12.1 Å². The van der Waals surface area contributed by atoms with Crippen molar-refractivity contribution in [1.29, 1.82) is 0 Å². The quantitative estimate of drug-likeness (QED) is 0.722. The van der Waals surface area contributed by atoms with Crippen molar-refractivity contribution in [2.75, 3.05) is 0 Å². The minimum Gasteiger partial charge on any atom is -0.352 e. The first-order chi connectivity index (χ1) is 6.59. The molecule has 0 saturated carbocycles. The third-order valence-corrected chi connectivity index (χ3v) is 2.45. The van der Waals surface area contributed by atoms with E-state index >= 15 is 0 Å². The molecule has 1 aromatic heterocycles. The lowest BCUT2D eigenvalue weighted by Gasteiger charge is -1.93. The number of nitrogens with one attached hydrogen (secondary N) is 1. The zero-order chi connectivity index (χ0) is 10.3. The zero-order valence-electron chi connectivity index (χ0n) is 7.40. The molecule has 2 nitrogen and oxygen atoms in total. The summed E-state index contributed by atoms with van der Waals surface area (Å²) >= 11 is 5.74. The number of aromatic nitrogens is 1. The molecule has 1 heterocycles. The van der Waals surface area contributed by atoms with Crippen molar-refractivity contribution in [1.82, 2.24) is 4.98 Å². The lowest BCUT2D eigenvalue weighted by molar-refractivity contribution is 0.101. The van der Waals surface area contributed by atoms with Gasteiger partial charge in [-0.2, -0.15) is 0 Å². The number of ketones is 1. The number of Topliss-reactive ketones (excluding diaryl/α,β-unsaturated/α-hetero) is 1. The molecule has 0 atom stereocenters. The summed E-state index contributed by atoms with van der Waals surface area (Å²) < 4.78 is 13.0. The van der Waals surface area contributed by atoms with E-state index < -0.39 is 5.82 Å². The van der Waals surface area contributed by atoms with Gasteiger partial charge >= 0.3 is 0 Å². The second-order valence-electron chi connectivity index (χ2n) is 3.06. The summed E-state index contributed by atoms with van der Waals surface area (Å²) in [5.41, 5.74) is 1.11. The summed E-state index contributed by atoms with van der Waals surface area (Å²) in [7, 11) is 0. The molecule has 0 fully saturated rings. The maximum Gasteiger partial charge on any atom is 0.175 e. The fourth-order valence-corrected chi connectivity index (χ4v) is 1.55. The van der Waals surface area contributed by atoms with Gasteiger partial charge in [0, 0.05) is 17.8 Å². The predicted molar refractivity (Wildman–Crippen MR) is 53.3 cm³/mol. The van der Waals surface area contributed by atoms with Crippen molar-refractivity contribution in [2.45, 2.75) is 6.92 Å². The van der Waals surface area contributed by atoms with Crippen LogP contribution in [-0.2, 0) is 0 Å². The molecule has 2 aromatic rings. The van der Waals surface area contributed by atoms with Crippen LogP contribution in [0.4, 0.5) is 4.39 Å². The van der Waals surface area contributed by atoms with Gasteiger partial charge in [0.25, 0.3) is 0 Å².